The van der Waals surface area contributed by atoms with Crippen LogP contribution in [0.1, 0.15) is 31.4 Å². The van der Waals surface area contributed by atoms with Gasteiger partial charge in [-0.15, -0.1) is 11.3 Å². The van der Waals surface area contributed by atoms with Crippen LogP contribution in [0.4, 0.5) is 0 Å². The van der Waals surface area contributed by atoms with Gasteiger partial charge in [-0.25, -0.2) is 4.98 Å². The van der Waals surface area contributed by atoms with Crippen molar-refractivity contribution in [2.24, 2.45) is 0 Å². The number of carbonyl (C=O) groups excluding carboxylic acids is 2. The van der Waals surface area contributed by atoms with Crippen molar-refractivity contribution in [1.29, 1.82) is 0 Å². The van der Waals surface area contributed by atoms with Gasteiger partial charge in [0.1, 0.15) is 5.69 Å². The Morgan fingerprint density at radius 1 is 0.966 bits per heavy atom. The van der Waals surface area contributed by atoms with E-state index in [4.69, 9.17) is 0 Å². The smallest absolute Gasteiger partial charge is 0.273 e. The summed E-state index contributed by atoms with van der Waals surface area (Å²) in [4.78, 5) is 46.9. The fourth-order valence-electron chi connectivity index (χ4n) is 3.26. The van der Waals surface area contributed by atoms with E-state index in [-0.39, 0.29) is 17.4 Å². The number of nitrogens with zero attached hydrogens (tertiary/aromatic N) is 3. The van der Waals surface area contributed by atoms with Crippen molar-refractivity contribution < 1.29 is 9.59 Å². The van der Waals surface area contributed by atoms with Gasteiger partial charge in [0.25, 0.3) is 11.8 Å². The SMILES string of the molecule is O=C(c1ccc(=O)[nH]c1)N1CCN(C(=O)c2csc(Cc3ccccc3)n2)CC1. The Labute approximate surface area is 171 Å². The molecule has 1 fully saturated rings. The van der Waals surface area contributed by atoms with Crippen molar-refractivity contribution >= 4 is 23.2 Å². The summed E-state index contributed by atoms with van der Waals surface area (Å²) in [5.74, 6) is -0.246. The number of hydrogen-bond donors (Lipinski definition) is 1. The molecule has 2 aromatic heterocycles. The zero-order valence-corrected chi connectivity index (χ0v) is 16.5. The zero-order chi connectivity index (χ0) is 20.2. The highest BCUT2D eigenvalue weighted by Gasteiger charge is 2.26. The van der Waals surface area contributed by atoms with Gasteiger partial charge in [0.15, 0.2) is 0 Å². The van der Waals surface area contributed by atoms with Gasteiger partial charge >= 0.3 is 0 Å². The summed E-state index contributed by atoms with van der Waals surface area (Å²) in [7, 11) is 0. The lowest BCUT2D eigenvalue weighted by atomic mass is 10.2. The molecule has 0 radical (unpaired) electrons. The van der Waals surface area contributed by atoms with E-state index >= 15 is 0 Å². The number of nitrogens with one attached hydrogen (secondary N) is 1. The number of benzene rings is 1. The van der Waals surface area contributed by atoms with Crippen LogP contribution < -0.4 is 5.56 Å². The maximum absolute atomic E-state index is 12.8. The zero-order valence-electron chi connectivity index (χ0n) is 15.7. The third-order valence-corrected chi connectivity index (χ3v) is 5.70. The van der Waals surface area contributed by atoms with Crippen LogP contribution in [0.3, 0.4) is 0 Å². The summed E-state index contributed by atoms with van der Waals surface area (Å²) in [5.41, 5.74) is 1.82. The fourth-order valence-corrected chi connectivity index (χ4v) is 4.06. The maximum atomic E-state index is 12.8. The van der Waals surface area contributed by atoms with Crippen molar-refractivity contribution in [3.63, 3.8) is 0 Å². The number of H-pyrrole nitrogens is 1. The Balaban J connectivity index is 1.35. The first-order valence-corrected chi connectivity index (χ1v) is 10.2. The van der Waals surface area contributed by atoms with Crippen LogP contribution in [-0.4, -0.2) is 57.8 Å². The molecule has 8 heteroatoms. The third kappa shape index (κ3) is 4.43. The van der Waals surface area contributed by atoms with Gasteiger partial charge in [0.2, 0.25) is 5.56 Å². The van der Waals surface area contributed by atoms with Crippen LogP contribution in [0.2, 0.25) is 0 Å². The van der Waals surface area contributed by atoms with Crippen LogP contribution in [0, 0.1) is 0 Å². The van der Waals surface area contributed by atoms with E-state index in [0.717, 1.165) is 10.6 Å². The van der Waals surface area contributed by atoms with E-state index in [0.29, 0.717) is 43.9 Å². The molecule has 0 unspecified atom stereocenters. The normalized spacial score (nSPS) is 14.1. The fraction of sp³-hybridized carbons (Fsp3) is 0.238. The van der Waals surface area contributed by atoms with Gasteiger partial charge in [-0.3, -0.25) is 14.4 Å². The molecule has 3 aromatic rings. The Hall–Kier alpha value is -3.26. The van der Waals surface area contributed by atoms with Crippen molar-refractivity contribution in [3.05, 3.63) is 86.2 Å². The van der Waals surface area contributed by atoms with Crippen molar-refractivity contribution in [2.75, 3.05) is 26.2 Å². The molecule has 4 rings (SSSR count). The third-order valence-electron chi connectivity index (χ3n) is 4.85. The highest BCUT2D eigenvalue weighted by molar-refractivity contribution is 7.09. The van der Waals surface area contributed by atoms with Crippen molar-refractivity contribution in [1.82, 2.24) is 19.8 Å². The van der Waals surface area contributed by atoms with Gasteiger partial charge in [-0.2, -0.15) is 0 Å². The molecule has 1 aliphatic heterocycles. The number of amides is 2. The molecule has 0 bridgehead atoms. The molecule has 1 aliphatic rings. The molecule has 0 aliphatic carbocycles. The molecule has 29 heavy (non-hydrogen) atoms. The van der Waals surface area contributed by atoms with E-state index in [9.17, 15) is 14.4 Å². The summed E-state index contributed by atoms with van der Waals surface area (Å²) >= 11 is 1.49. The molecule has 0 atom stereocenters. The van der Waals surface area contributed by atoms with Gasteiger partial charge in [0.05, 0.1) is 10.6 Å². The van der Waals surface area contributed by atoms with Crippen LogP contribution in [-0.2, 0) is 6.42 Å². The standard InChI is InChI=1S/C21H20N4O3S/c26-18-7-6-16(13-22-18)20(27)24-8-10-25(11-9-24)21(28)17-14-29-19(23-17)12-15-4-2-1-3-5-15/h1-7,13-14H,8-12H2,(H,22,26). The van der Waals surface area contributed by atoms with Gasteiger partial charge in [-0.05, 0) is 11.6 Å². The van der Waals surface area contributed by atoms with E-state index in [2.05, 4.69) is 9.97 Å². The molecular weight excluding hydrogens is 388 g/mol. The number of hydrogen-bond acceptors (Lipinski definition) is 5. The molecule has 7 nitrogen and oxygen atoms in total. The minimum absolute atomic E-state index is 0.100. The molecule has 0 spiro atoms. The number of thiazole rings is 1. The summed E-state index contributed by atoms with van der Waals surface area (Å²) in [6.45, 7) is 1.81. The largest absolute Gasteiger partial charge is 0.335 e. The van der Waals surface area contributed by atoms with Crippen LogP contribution in [0.5, 0.6) is 0 Å². The number of rotatable bonds is 4. The second kappa shape index (κ2) is 8.40. The average Bonchev–Trinajstić information content (AvgIpc) is 3.22. The lowest BCUT2D eigenvalue weighted by Gasteiger charge is -2.34. The van der Waals surface area contributed by atoms with Gasteiger partial charge < -0.3 is 14.8 Å². The Kier molecular flexibility index (Phi) is 5.53. The number of aromatic nitrogens is 2. The van der Waals surface area contributed by atoms with Crippen LogP contribution >= 0.6 is 11.3 Å². The quantitative estimate of drug-likeness (QED) is 0.716. The lowest BCUT2D eigenvalue weighted by molar-refractivity contribution is 0.0532. The first kappa shape index (κ1) is 19.1. The first-order chi connectivity index (χ1) is 14.1. The molecule has 0 saturated carbocycles. The molecule has 2 amide bonds. The maximum Gasteiger partial charge on any atom is 0.273 e. The van der Waals surface area contributed by atoms with Crippen LogP contribution in [0.25, 0.3) is 0 Å². The van der Waals surface area contributed by atoms with Gasteiger partial charge in [-0.1, -0.05) is 30.3 Å². The predicted octanol–water partition coefficient (Wildman–Crippen LogP) is 2.02. The summed E-state index contributed by atoms with van der Waals surface area (Å²) < 4.78 is 0. The molecule has 1 aromatic carbocycles. The minimum atomic E-state index is -0.244. The number of aromatic amines is 1. The molecule has 3 heterocycles. The van der Waals surface area contributed by atoms with E-state index in [1.807, 2.05) is 30.3 Å². The number of carbonyl (C=O) groups is 2. The summed E-state index contributed by atoms with van der Waals surface area (Å²) in [6.07, 6.45) is 2.13. The number of piperazine rings is 1. The van der Waals surface area contributed by atoms with Gasteiger partial charge in [0, 0.05) is 50.2 Å². The second-order valence-electron chi connectivity index (χ2n) is 6.81. The van der Waals surface area contributed by atoms with Crippen LogP contribution in [0.15, 0.2) is 58.8 Å². The van der Waals surface area contributed by atoms with E-state index in [1.54, 1.807) is 15.2 Å². The first-order valence-electron chi connectivity index (χ1n) is 9.36. The monoisotopic (exact) mass is 408 g/mol. The highest BCUT2D eigenvalue weighted by Crippen LogP contribution is 2.17. The minimum Gasteiger partial charge on any atom is -0.335 e. The lowest BCUT2D eigenvalue weighted by Crippen LogP contribution is -2.50. The van der Waals surface area contributed by atoms with Crippen molar-refractivity contribution in [2.45, 2.75) is 6.42 Å². The molecular formula is C21H20N4O3S. The summed E-state index contributed by atoms with van der Waals surface area (Å²) in [6, 6.07) is 12.9. The van der Waals surface area contributed by atoms with Crippen molar-refractivity contribution in [3.8, 4) is 0 Å². The topological polar surface area (TPSA) is 86.4 Å². The molecule has 1 N–H and O–H groups in total. The Morgan fingerprint density at radius 3 is 2.31 bits per heavy atom. The Bertz CT molecular complexity index is 1050. The second-order valence-corrected chi connectivity index (χ2v) is 7.76. The predicted molar refractivity (Wildman–Crippen MR) is 110 cm³/mol. The summed E-state index contributed by atoms with van der Waals surface area (Å²) in [5, 5.41) is 2.71. The van der Waals surface area contributed by atoms with E-state index < -0.39 is 0 Å². The highest BCUT2D eigenvalue weighted by atomic mass is 32.1. The van der Waals surface area contributed by atoms with E-state index in [1.165, 1.54) is 29.7 Å². The Morgan fingerprint density at radius 2 is 1.66 bits per heavy atom. The average molecular weight is 408 g/mol. The number of pyridine rings is 1. The molecule has 148 valence electrons. The molecule has 1 saturated heterocycles.